The minimum atomic E-state index is 0.0695. The lowest BCUT2D eigenvalue weighted by molar-refractivity contribution is -0.123. The fourth-order valence-electron chi connectivity index (χ4n) is 2.38. The van der Waals surface area contributed by atoms with Crippen molar-refractivity contribution in [2.24, 2.45) is 0 Å². The highest BCUT2D eigenvalue weighted by Gasteiger charge is 2.13. The molecule has 1 heterocycles. The Morgan fingerprint density at radius 2 is 1.91 bits per heavy atom. The van der Waals surface area contributed by atoms with Crippen LogP contribution in [0.3, 0.4) is 0 Å². The highest BCUT2D eigenvalue weighted by molar-refractivity contribution is 5.78. The molecule has 0 unspecified atom stereocenters. The number of benzene rings is 1. The van der Waals surface area contributed by atoms with Crippen LogP contribution < -0.4 is 10.6 Å². The Bertz CT molecular complexity index is 470. The molecule has 6 nitrogen and oxygen atoms in total. The maximum atomic E-state index is 11.9. The van der Waals surface area contributed by atoms with Crippen LogP contribution in [0.1, 0.15) is 5.56 Å². The van der Waals surface area contributed by atoms with Crippen LogP contribution in [-0.4, -0.2) is 75.7 Å². The van der Waals surface area contributed by atoms with Crippen LogP contribution in [0.4, 0.5) is 5.69 Å². The Hall–Kier alpha value is -1.63. The molecule has 1 amide bonds. The number of hydrogen-bond donors (Lipinski definition) is 2. The van der Waals surface area contributed by atoms with Crippen LogP contribution in [-0.2, 0) is 16.1 Å². The Labute approximate surface area is 138 Å². The molecule has 0 aliphatic carbocycles. The molecular formula is C17H28N4O2. The first-order chi connectivity index (χ1) is 11.1. The van der Waals surface area contributed by atoms with Crippen LogP contribution in [0, 0.1) is 0 Å². The van der Waals surface area contributed by atoms with E-state index in [0.29, 0.717) is 13.1 Å². The number of nitrogens with one attached hydrogen (secondary N) is 2. The molecule has 1 fully saturated rings. The molecule has 0 spiro atoms. The van der Waals surface area contributed by atoms with Gasteiger partial charge >= 0.3 is 0 Å². The second kappa shape index (κ2) is 9.50. The Balaban J connectivity index is 1.67. The molecule has 1 saturated heterocycles. The number of nitrogens with zero attached hydrogens (tertiary/aromatic N) is 2. The molecular weight excluding hydrogens is 292 g/mol. The zero-order valence-corrected chi connectivity index (χ0v) is 14.2. The number of amides is 1. The molecule has 2 rings (SSSR count). The van der Waals surface area contributed by atoms with Gasteiger partial charge < -0.3 is 20.3 Å². The lowest BCUT2D eigenvalue weighted by atomic mass is 10.2. The normalized spacial score (nSPS) is 15.6. The predicted molar refractivity (Wildman–Crippen MR) is 92.6 cm³/mol. The van der Waals surface area contributed by atoms with E-state index in [1.807, 2.05) is 12.1 Å². The van der Waals surface area contributed by atoms with Crippen molar-refractivity contribution >= 4 is 11.6 Å². The van der Waals surface area contributed by atoms with Crippen LogP contribution in [0.2, 0.25) is 0 Å². The quantitative estimate of drug-likeness (QED) is 0.735. The van der Waals surface area contributed by atoms with Crippen LogP contribution in [0.5, 0.6) is 0 Å². The van der Waals surface area contributed by atoms with Crippen LogP contribution in [0.25, 0.3) is 0 Å². The minimum absolute atomic E-state index is 0.0695. The van der Waals surface area contributed by atoms with E-state index in [1.54, 1.807) is 0 Å². The molecule has 128 valence electrons. The molecule has 1 aromatic carbocycles. The topological polar surface area (TPSA) is 56.8 Å². The molecule has 23 heavy (non-hydrogen) atoms. The molecule has 1 aromatic rings. The van der Waals surface area contributed by atoms with Crippen molar-refractivity contribution in [1.29, 1.82) is 0 Å². The van der Waals surface area contributed by atoms with E-state index in [-0.39, 0.29) is 5.91 Å². The summed E-state index contributed by atoms with van der Waals surface area (Å²) in [4.78, 5) is 16.2. The summed E-state index contributed by atoms with van der Waals surface area (Å²) < 4.78 is 5.28. The summed E-state index contributed by atoms with van der Waals surface area (Å²) in [5, 5.41) is 6.35. The standard InChI is InChI=1S/C17H28N4O2/c1-20(2)8-7-18-16-5-3-15(4-6-16)13-19-17(22)14-21-9-11-23-12-10-21/h3-6,18H,7-14H2,1-2H3,(H,19,22). The van der Waals surface area contributed by atoms with Gasteiger partial charge in [0.2, 0.25) is 5.91 Å². The van der Waals surface area contributed by atoms with Gasteiger partial charge in [0.1, 0.15) is 0 Å². The third-order valence-electron chi connectivity index (χ3n) is 3.80. The second-order valence-corrected chi connectivity index (χ2v) is 6.09. The number of likely N-dealkylation sites (N-methyl/N-ethyl adjacent to an activating group) is 1. The highest BCUT2D eigenvalue weighted by Crippen LogP contribution is 2.09. The molecule has 6 heteroatoms. The number of morpholine rings is 1. The molecule has 0 bridgehead atoms. The molecule has 0 radical (unpaired) electrons. The van der Waals surface area contributed by atoms with Crippen molar-refractivity contribution in [2.45, 2.75) is 6.54 Å². The number of anilines is 1. The van der Waals surface area contributed by atoms with E-state index in [9.17, 15) is 4.79 Å². The third kappa shape index (κ3) is 6.99. The number of carbonyl (C=O) groups excluding carboxylic acids is 1. The van der Waals surface area contributed by atoms with Gasteiger partial charge in [-0.25, -0.2) is 0 Å². The smallest absolute Gasteiger partial charge is 0.234 e. The van der Waals surface area contributed by atoms with Crippen molar-refractivity contribution in [3.63, 3.8) is 0 Å². The monoisotopic (exact) mass is 320 g/mol. The summed E-state index contributed by atoms with van der Waals surface area (Å²) in [6.07, 6.45) is 0. The summed E-state index contributed by atoms with van der Waals surface area (Å²) in [6.45, 7) is 6.04. The van der Waals surface area contributed by atoms with Crippen LogP contribution in [0.15, 0.2) is 24.3 Å². The van der Waals surface area contributed by atoms with E-state index in [0.717, 1.165) is 50.6 Å². The largest absolute Gasteiger partial charge is 0.384 e. The van der Waals surface area contributed by atoms with Crippen molar-refractivity contribution in [3.05, 3.63) is 29.8 Å². The van der Waals surface area contributed by atoms with Gasteiger partial charge in [0.05, 0.1) is 19.8 Å². The van der Waals surface area contributed by atoms with Gasteiger partial charge in [-0.3, -0.25) is 9.69 Å². The van der Waals surface area contributed by atoms with Crippen molar-refractivity contribution < 1.29 is 9.53 Å². The SMILES string of the molecule is CN(C)CCNc1ccc(CNC(=O)CN2CCOCC2)cc1. The fraction of sp³-hybridized carbons (Fsp3) is 0.588. The average Bonchev–Trinajstić information content (AvgIpc) is 2.55. The van der Waals surface area contributed by atoms with E-state index in [2.05, 4.69) is 46.7 Å². The first-order valence-corrected chi connectivity index (χ1v) is 8.18. The summed E-state index contributed by atoms with van der Waals surface area (Å²) in [6, 6.07) is 8.21. The van der Waals surface area contributed by atoms with E-state index < -0.39 is 0 Å². The van der Waals surface area contributed by atoms with Crippen molar-refractivity contribution in [2.75, 3.05) is 65.3 Å². The zero-order valence-electron chi connectivity index (χ0n) is 14.2. The molecule has 1 aliphatic heterocycles. The minimum Gasteiger partial charge on any atom is -0.384 e. The molecule has 2 N–H and O–H groups in total. The number of rotatable bonds is 8. The first kappa shape index (κ1) is 17.7. The van der Waals surface area contributed by atoms with Gasteiger partial charge in [-0.15, -0.1) is 0 Å². The third-order valence-corrected chi connectivity index (χ3v) is 3.80. The highest BCUT2D eigenvalue weighted by atomic mass is 16.5. The van der Waals surface area contributed by atoms with Gasteiger partial charge in [-0.05, 0) is 31.8 Å². The maximum absolute atomic E-state index is 11.9. The molecule has 0 saturated carbocycles. The molecule has 0 aromatic heterocycles. The Morgan fingerprint density at radius 1 is 1.22 bits per heavy atom. The van der Waals surface area contributed by atoms with Gasteiger partial charge in [-0.1, -0.05) is 12.1 Å². The first-order valence-electron chi connectivity index (χ1n) is 8.18. The number of carbonyl (C=O) groups is 1. The van der Waals surface area contributed by atoms with E-state index in [4.69, 9.17) is 4.74 Å². The fourth-order valence-corrected chi connectivity index (χ4v) is 2.38. The average molecular weight is 320 g/mol. The lowest BCUT2D eigenvalue weighted by Crippen LogP contribution is -2.43. The zero-order chi connectivity index (χ0) is 16.5. The van der Waals surface area contributed by atoms with Crippen molar-refractivity contribution in [1.82, 2.24) is 15.1 Å². The van der Waals surface area contributed by atoms with Gasteiger partial charge in [0.15, 0.2) is 0 Å². The molecule has 1 aliphatic rings. The van der Waals surface area contributed by atoms with Gasteiger partial charge in [0.25, 0.3) is 0 Å². The summed E-state index contributed by atoms with van der Waals surface area (Å²) >= 11 is 0. The predicted octanol–water partition coefficient (Wildman–Crippen LogP) is 0.609. The van der Waals surface area contributed by atoms with E-state index >= 15 is 0 Å². The van der Waals surface area contributed by atoms with Gasteiger partial charge in [0, 0.05) is 38.4 Å². The number of ether oxygens (including phenoxy) is 1. The van der Waals surface area contributed by atoms with Crippen LogP contribution >= 0.6 is 0 Å². The summed E-state index contributed by atoms with van der Waals surface area (Å²) in [5.74, 6) is 0.0695. The number of hydrogen-bond acceptors (Lipinski definition) is 5. The van der Waals surface area contributed by atoms with E-state index in [1.165, 1.54) is 0 Å². The summed E-state index contributed by atoms with van der Waals surface area (Å²) in [5.41, 5.74) is 2.22. The summed E-state index contributed by atoms with van der Waals surface area (Å²) in [7, 11) is 4.12. The Kier molecular flexibility index (Phi) is 7.32. The Morgan fingerprint density at radius 3 is 2.57 bits per heavy atom. The van der Waals surface area contributed by atoms with Gasteiger partial charge in [-0.2, -0.15) is 0 Å². The second-order valence-electron chi connectivity index (χ2n) is 6.09. The lowest BCUT2D eigenvalue weighted by Gasteiger charge is -2.25. The van der Waals surface area contributed by atoms with Crippen molar-refractivity contribution in [3.8, 4) is 0 Å². The maximum Gasteiger partial charge on any atom is 0.234 e. The molecule has 0 atom stereocenters.